The van der Waals surface area contributed by atoms with Gasteiger partial charge in [-0.2, -0.15) is 0 Å². The topological polar surface area (TPSA) is 0 Å². The van der Waals surface area contributed by atoms with Gasteiger partial charge in [0.1, 0.15) is 0 Å². The van der Waals surface area contributed by atoms with Crippen LogP contribution in [0.3, 0.4) is 0 Å². The van der Waals surface area contributed by atoms with Crippen molar-refractivity contribution in [2.24, 2.45) is 0 Å². The van der Waals surface area contributed by atoms with E-state index in [2.05, 4.69) is 48.3 Å². The molecule has 2 aliphatic carbocycles. The van der Waals surface area contributed by atoms with Gasteiger partial charge in [0.2, 0.25) is 0 Å². The van der Waals surface area contributed by atoms with Gasteiger partial charge in [0, 0.05) is 11.1 Å². The van der Waals surface area contributed by atoms with Crippen LogP contribution in [0.15, 0.2) is 47.6 Å². The maximum absolute atomic E-state index is 3.32. The van der Waals surface area contributed by atoms with Crippen LogP contribution in [0.2, 0.25) is 0 Å². The first-order chi connectivity index (χ1) is 7.93. The summed E-state index contributed by atoms with van der Waals surface area (Å²) in [5, 5.41) is 0. The average Bonchev–Trinajstić information content (AvgIpc) is 2.32. The number of hydrogen-bond acceptors (Lipinski definition) is 0. The first-order valence-corrected chi connectivity index (χ1v) is 5.92. The third kappa shape index (κ3) is 1.70. The van der Waals surface area contributed by atoms with Crippen LogP contribution in [0.5, 0.6) is 0 Å². The summed E-state index contributed by atoms with van der Waals surface area (Å²) in [5.74, 6) is 6.63. The van der Waals surface area contributed by atoms with Crippen molar-refractivity contribution in [1.82, 2.24) is 0 Å². The van der Waals surface area contributed by atoms with Gasteiger partial charge >= 0.3 is 0 Å². The second kappa shape index (κ2) is 4.02. The average molecular weight is 206 g/mol. The van der Waals surface area contributed by atoms with Crippen molar-refractivity contribution < 1.29 is 0 Å². The second-order valence-electron chi connectivity index (χ2n) is 4.37. The van der Waals surface area contributed by atoms with Gasteiger partial charge in [-0.25, -0.2) is 0 Å². The minimum atomic E-state index is 1.14. The lowest BCUT2D eigenvalue weighted by molar-refractivity contribution is 0.829. The lowest BCUT2D eigenvalue weighted by Crippen LogP contribution is -2.00. The van der Waals surface area contributed by atoms with E-state index in [4.69, 9.17) is 0 Å². The normalized spacial score (nSPS) is 17.8. The molecule has 0 spiro atoms. The number of aryl methyl sites for hydroxylation is 1. The van der Waals surface area contributed by atoms with E-state index < -0.39 is 0 Å². The van der Waals surface area contributed by atoms with Gasteiger partial charge in [-0.15, -0.1) is 0 Å². The molecule has 0 saturated heterocycles. The molecule has 0 nitrogen and oxygen atoms in total. The van der Waals surface area contributed by atoms with E-state index in [-0.39, 0.29) is 0 Å². The molecule has 16 heavy (non-hydrogen) atoms. The lowest BCUT2D eigenvalue weighted by atomic mass is 9.89. The molecule has 78 valence electrons. The molecular formula is C16H14. The van der Waals surface area contributed by atoms with Gasteiger partial charge in [-0.3, -0.25) is 0 Å². The molecular weight excluding hydrogens is 192 g/mol. The number of hydrogen-bond donors (Lipinski definition) is 0. The van der Waals surface area contributed by atoms with Crippen LogP contribution >= 0.6 is 0 Å². The standard InChI is InChI=1S/C16H14/c1-2-6-14-11-12-16-8-4-3-7-15(16)10-9-13(14)5-1/h1-3,5-7H,4,8,11-12H2. The first-order valence-electron chi connectivity index (χ1n) is 5.92. The number of allylic oxidation sites excluding steroid dienone is 4. The van der Waals surface area contributed by atoms with Crippen LogP contribution in [0.25, 0.3) is 0 Å². The minimum Gasteiger partial charge on any atom is -0.0830 e. The molecule has 0 radical (unpaired) electrons. The quantitative estimate of drug-likeness (QED) is 0.569. The van der Waals surface area contributed by atoms with Crippen LogP contribution in [0, 0.1) is 11.8 Å². The highest BCUT2D eigenvalue weighted by molar-refractivity contribution is 5.52. The third-order valence-corrected chi connectivity index (χ3v) is 3.32. The minimum absolute atomic E-state index is 1.14. The summed E-state index contributed by atoms with van der Waals surface area (Å²) < 4.78 is 0. The van der Waals surface area contributed by atoms with E-state index in [9.17, 15) is 0 Å². The Labute approximate surface area is 96.7 Å². The Morgan fingerprint density at radius 3 is 2.88 bits per heavy atom. The molecule has 1 aromatic rings. The summed E-state index contributed by atoms with van der Waals surface area (Å²) in [4.78, 5) is 0. The summed E-state index contributed by atoms with van der Waals surface area (Å²) in [6.07, 6.45) is 9.12. The molecule has 0 heterocycles. The second-order valence-corrected chi connectivity index (χ2v) is 4.37. The fourth-order valence-electron chi connectivity index (χ4n) is 2.38. The van der Waals surface area contributed by atoms with Crippen LogP contribution in [-0.4, -0.2) is 0 Å². The van der Waals surface area contributed by atoms with Gasteiger partial charge in [0.25, 0.3) is 0 Å². The third-order valence-electron chi connectivity index (χ3n) is 3.32. The maximum Gasteiger partial charge on any atom is 0.0281 e. The van der Waals surface area contributed by atoms with Crippen LogP contribution in [-0.2, 0) is 6.42 Å². The Bertz CT molecular complexity index is 533. The van der Waals surface area contributed by atoms with Crippen LogP contribution in [0.1, 0.15) is 30.4 Å². The van der Waals surface area contributed by atoms with E-state index in [1.54, 1.807) is 5.57 Å². The van der Waals surface area contributed by atoms with Gasteiger partial charge in [0.05, 0.1) is 0 Å². The SMILES string of the molecule is C1#Cc2ccccc2CCC2=C1C=CCC2. The van der Waals surface area contributed by atoms with Crippen molar-refractivity contribution in [3.8, 4) is 11.8 Å². The van der Waals surface area contributed by atoms with Crippen molar-refractivity contribution in [2.75, 3.05) is 0 Å². The molecule has 0 bridgehead atoms. The number of fused-ring (bicyclic) bond motifs is 1. The van der Waals surface area contributed by atoms with E-state index >= 15 is 0 Å². The molecule has 3 rings (SSSR count). The van der Waals surface area contributed by atoms with Crippen molar-refractivity contribution in [3.63, 3.8) is 0 Å². The predicted molar refractivity (Wildman–Crippen MR) is 67.0 cm³/mol. The van der Waals surface area contributed by atoms with Crippen molar-refractivity contribution in [2.45, 2.75) is 25.7 Å². The zero-order valence-electron chi connectivity index (χ0n) is 9.29. The molecule has 0 saturated carbocycles. The number of rotatable bonds is 0. The smallest absolute Gasteiger partial charge is 0.0281 e. The van der Waals surface area contributed by atoms with Gasteiger partial charge in [-0.05, 0) is 37.3 Å². The summed E-state index contributed by atoms with van der Waals surface area (Å²) in [7, 11) is 0. The Morgan fingerprint density at radius 2 is 1.88 bits per heavy atom. The van der Waals surface area contributed by atoms with Crippen molar-refractivity contribution in [3.05, 3.63) is 58.7 Å². The maximum atomic E-state index is 3.32. The zero-order chi connectivity index (χ0) is 10.8. The zero-order valence-corrected chi connectivity index (χ0v) is 9.29. The van der Waals surface area contributed by atoms with Gasteiger partial charge in [-0.1, -0.05) is 47.8 Å². The first kappa shape index (κ1) is 9.48. The summed E-state index contributed by atoms with van der Waals surface area (Å²) in [6.45, 7) is 0. The summed E-state index contributed by atoms with van der Waals surface area (Å²) in [5.41, 5.74) is 5.41. The van der Waals surface area contributed by atoms with E-state index in [0.717, 1.165) is 6.42 Å². The largest absolute Gasteiger partial charge is 0.0830 e. The molecule has 0 fully saturated rings. The molecule has 0 amide bonds. The fraction of sp³-hybridized carbons (Fsp3) is 0.250. The molecule has 0 heteroatoms. The molecule has 0 aromatic heterocycles. The molecule has 0 N–H and O–H groups in total. The van der Waals surface area contributed by atoms with E-state index in [0.29, 0.717) is 0 Å². The number of benzene rings is 1. The van der Waals surface area contributed by atoms with Crippen molar-refractivity contribution >= 4 is 0 Å². The Kier molecular flexibility index (Phi) is 2.38. The van der Waals surface area contributed by atoms with Gasteiger partial charge in [0.15, 0.2) is 0 Å². The van der Waals surface area contributed by atoms with Crippen LogP contribution in [0.4, 0.5) is 0 Å². The summed E-state index contributed by atoms with van der Waals surface area (Å²) in [6, 6.07) is 8.51. The lowest BCUT2D eigenvalue weighted by Gasteiger charge is -2.15. The predicted octanol–water partition coefficient (Wildman–Crippen LogP) is 3.63. The molecule has 0 unspecified atom stereocenters. The Morgan fingerprint density at radius 1 is 0.938 bits per heavy atom. The van der Waals surface area contributed by atoms with Crippen molar-refractivity contribution in [1.29, 1.82) is 0 Å². The highest BCUT2D eigenvalue weighted by Gasteiger charge is 2.10. The highest BCUT2D eigenvalue weighted by atomic mass is 14.1. The summed E-state index contributed by atoms with van der Waals surface area (Å²) >= 11 is 0. The highest BCUT2D eigenvalue weighted by Crippen LogP contribution is 2.25. The molecule has 0 atom stereocenters. The van der Waals surface area contributed by atoms with Gasteiger partial charge < -0.3 is 0 Å². The molecule has 1 aromatic carbocycles. The monoisotopic (exact) mass is 206 g/mol. The van der Waals surface area contributed by atoms with E-state index in [1.165, 1.54) is 36.0 Å². The Balaban J connectivity index is 2.07. The fourth-order valence-corrected chi connectivity index (χ4v) is 2.38. The molecule has 0 aliphatic heterocycles. The van der Waals surface area contributed by atoms with Crippen LogP contribution < -0.4 is 0 Å². The Hall–Kier alpha value is -1.74. The van der Waals surface area contributed by atoms with E-state index in [1.807, 2.05) is 0 Å². The molecule has 2 aliphatic rings.